The van der Waals surface area contributed by atoms with Gasteiger partial charge in [0.1, 0.15) is 22.3 Å². The maximum absolute atomic E-state index is 6.55. The van der Waals surface area contributed by atoms with Gasteiger partial charge in [0.25, 0.3) is 0 Å². The van der Waals surface area contributed by atoms with Gasteiger partial charge in [-0.05, 0) is 80.9 Å². The summed E-state index contributed by atoms with van der Waals surface area (Å²) in [5.74, 6) is 1.72. The molecule has 0 unspecified atom stereocenters. The average molecular weight is 758 g/mol. The highest BCUT2D eigenvalue weighted by atomic mass is 16.3. The van der Waals surface area contributed by atoms with Gasteiger partial charge in [0.2, 0.25) is 0 Å². The Morgan fingerprint density at radius 2 is 0.847 bits per heavy atom. The van der Waals surface area contributed by atoms with Crippen LogP contribution in [0.4, 0.5) is 0 Å². The number of fused-ring (bicyclic) bond motifs is 9. The first-order valence-corrected chi connectivity index (χ1v) is 20.0. The molecule has 0 N–H and O–H groups in total. The number of hydrogen-bond donors (Lipinski definition) is 0. The Hall–Kier alpha value is -7.63. The summed E-state index contributed by atoms with van der Waals surface area (Å²) < 4.78 is 12.9. The number of rotatable bonds is 5. The van der Waals surface area contributed by atoms with Gasteiger partial charge in [-0.3, -0.25) is 0 Å². The van der Waals surface area contributed by atoms with Crippen LogP contribution in [0.5, 0.6) is 0 Å². The fraction of sp³-hybridized carbons (Fsp3) is 0.0556. The molecule has 59 heavy (non-hydrogen) atoms. The van der Waals surface area contributed by atoms with Gasteiger partial charge in [-0.15, -0.1) is 0 Å². The molecular weight excluding hydrogens is 723 g/mol. The molecule has 0 fully saturated rings. The average Bonchev–Trinajstić information content (AvgIpc) is 3.94. The first kappa shape index (κ1) is 33.5. The van der Waals surface area contributed by atoms with Crippen LogP contribution in [0.2, 0.25) is 0 Å². The van der Waals surface area contributed by atoms with E-state index in [1.807, 2.05) is 48.5 Å². The Morgan fingerprint density at radius 1 is 0.339 bits per heavy atom. The van der Waals surface area contributed by atoms with Crippen molar-refractivity contribution in [2.75, 3.05) is 0 Å². The Balaban J connectivity index is 1.05. The number of benzene rings is 8. The van der Waals surface area contributed by atoms with Crippen molar-refractivity contribution in [3.8, 4) is 67.5 Å². The number of furan rings is 2. The number of hydrogen-bond acceptors (Lipinski definition) is 5. The molecule has 1 aliphatic rings. The van der Waals surface area contributed by atoms with Crippen LogP contribution < -0.4 is 0 Å². The van der Waals surface area contributed by atoms with Crippen molar-refractivity contribution in [3.63, 3.8) is 0 Å². The second kappa shape index (κ2) is 12.7. The van der Waals surface area contributed by atoms with Crippen LogP contribution in [0.25, 0.3) is 111 Å². The molecule has 3 heterocycles. The van der Waals surface area contributed by atoms with E-state index in [1.165, 1.54) is 27.8 Å². The lowest BCUT2D eigenvalue weighted by Crippen LogP contribution is -2.14. The minimum atomic E-state index is -0.0927. The van der Waals surface area contributed by atoms with Crippen molar-refractivity contribution >= 4 is 43.9 Å². The summed E-state index contributed by atoms with van der Waals surface area (Å²) in [6, 6.07) is 61.3. The molecule has 3 aromatic heterocycles. The van der Waals surface area contributed by atoms with E-state index in [4.69, 9.17) is 23.8 Å². The second-order valence-electron chi connectivity index (χ2n) is 15.9. The zero-order chi connectivity index (χ0) is 39.2. The molecule has 0 spiro atoms. The van der Waals surface area contributed by atoms with E-state index in [2.05, 4.69) is 141 Å². The maximum Gasteiger partial charge on any atom is 0.164 e. The van der Waals surface area contributed by atoms with E-state index >= 15 is 0 Å². The van der Waals surface area contributed by atoms with Crippen molar-refractivity contribution < 1.29 is 8.83 Å². The van der Waals surface area contributed by atoms with Gasteiger partial charge in [0.05, 0.1) is 0 Å². The highest BCUT2D eigenvalue weighted by molar-refractivity contribution is 6.14. The summed E-state index contributed by atoms with van der Waals surface area (Å²) in [4.78, 5) is 15.7. The summed E-state index contributed by atoms with van der Waals surface area (Å²) >= 11 is 0. The third-order valence-corrected chi connectivity index (χ3v) is 12.2. The molecule has 0 saturated carbocycles. The largest absolute Gasteiger partial charge is 0.456 e. The lowest BCUT2D eigenvalue weighted by Gasteiger charge is -2.22. The summed E-state index contributed by atoms with van der Waals surface area (Å²) in [7, 11) is 0. The van der Waals surface area contributed by atoms with E-state index in [0.29, 0.717) is 17.5 Å². The molecule has 8 aromatic carbocycles. The van der Waals surface area contributed by atoms with Gasteiger partial charge >= 0.3 is 0 Å². The Labute approximate surface area is 340 Å². The van der Waals surface area contributed by atoms with Crippen LogP contribution >= 0.6 is 0 Å². The minimum absolute atomic E-state index is 0.0927. The first-order valence-electron chi connectivity index (χ1n) is 20.0. The molecule has 278 valence electrons. The molecular formula is C54H35N3O2. The predicted octanol–water partition coefficient (Wildman–Crippen LogP) is 14.3. The van der Waals surface area contributed by atoms with E-state index in [9.17, 15) is 0 Å². The lowest BCUT2D eigenvalue weighted by atomic mass is 9.81. The summed E-state index contributed by atoms with van der Waals surface area (Å²) in [6.45, 7) is 4.65. The topological polar surface area (TPSA) is 65.0 Å². The van der Waals surface area contributed by atoms with Crippen molar-refractivity contribution in [2.45, 2.75) is 19.3 Å². The Kier molecular flexibility index (Phi) is 7.20. The third kappa shape index (κ3) is 5.21. The summed E-state index contributed by atoms with van der Waals surface area (Å²) in [5, 5.41) is 3.97. The Bertz CT molecular complexity index is 3470. The Morgan fingerprint density at radius 3 is 1.61 bits per heavy atom. The van der Waals surface area contributed by atoms with Crippen LogP contribution in [-0.4, -0.2) is 15.0 Å². The van der Waals surface area contributed by atoms with Gasteiger partial charge in [0, 0.05) is 43.7 Å². The molecule has 12 rings (SSSR count). The fourth-order valence-corrected chi connectivity index (χ4v) is 9.23. The SMILES string of the molecule is CC1(C)c2ccccc2-c2ccc(-c3ccc4oc5cccc(-c6nc(-c7ccc(-c8ccccc8)cc7)nc(-c7cccc8oc9ccccc9c78)n6)c5c4c3)cc21. The van der Waals surface area contributed by atoms with E-state index in [0.717, 1.165) is 77.3 Å². The highest BCUT2D eigenvalue weighted by Crippen LogP contribution is 2.50. The number of aromatic nitrogens is 3. The number of nitrogens with zero attached hydrogens (tertiary/aromatic N) is 3. The molecule has 5 heteroatoms. The monoisotopic (exact) mass is 757 g/mol. The zero-order valence-corrected chi connectivity index (χ0v) is 32.4. The fourth-order valence-electron chi connectivity index (χ4n) is 9.23. The van der Waals surface area contributed by atoms with E-state index in [1.54, 1.807) is 0 Å². The number of para-hydroxylation sites is 1. The van der Waals surface area contributed by atoms with Crippen LogP contribution in [0, 0.1) is 0 Å². The molecule has 0 radical (unpaired) electrons. The van der Waals surface area contributed by atoms with E-state index in [-0.39, 0.29) is 5.41 Å². The van der Waals surface area contributed by atoms with Crippen molar-refractivity contribution in [3.05, 3.63) is 187 Å². The van der Waals surface area contributed by atoms with Crippen molar-refractivity contribution in [1.82, 2.24) is 15.0 Å². The lowest BCUT2D eigenvalue weighted by molar-refractivity contribution is 0.660. The molecule has 0 bridgehead atoms. The first-order chi connectivity index (χ1) is 29.0. The van der Waals surface area contributed by atoms with Gasteiger partial charge in [-0.2, -0.15) is 0 Å². The quantitative estimate of drug-likeness (QED) is 0.175. The summed E-state index contributed by atoms with van der Waals surface area (Å²) in [6.07, 6.45) is 0. The second-order valence-corrected chi connectivity index (χ2v) is 15.9. The molecule has 1 aliphatic carbocycles. The van der Waals surface area contributed by atoms with E-state index < -0.39 is 0 Å². The van der Waals surface area contributed by atoms with Gasteiger partial charge in [-0.1, -0.05) is 153 Å². The molecule has 5 nitrogen and oxygen atoms in total. The smallest absolute Gasteiger partial charge is 0.164 e. The molecule has 0 amide bonds. The van der Waals surface area contributed by atoms with Gasteiger partial charge in [0.15, 0.2) is 17.5 Å². The minimum Gasteiger partial charge on any atom is -0.456 e. The van der Waals surface area contributed by atoms with Crippen LogP contribution in [0.1, 0.15) is 25.0 Å². The van der Waals surface area contributed by atoms with Crippen LogP contribution in [0.3, 0.4) is 0 Å². The molecule has 0 aliphatic heterocycles. The van der Waals surface area contributed by atoms with Gasteiger partial charge in [-0.25, -0.2) is 15.0 Å². The van der Waals surface area contributed by atoms with Crippen molar-refractivity contribution in [1.29, 1.82) is 0 Å². The summed E-state index contributed by atoms with van der Waals surface area (Å²) in [5.41, 5.74) is 15.7. The standard InChI is InChI=1S/C54H35N3O2/c1-54(2)43-18-8-6-14-37(43)38-28-26-36(31-44(38)54)35-27-29-46-42(30-35)50-41(17-11-21-48(50)59-46)53-56-51(34-24-22-33(23-25-34)32-12-4-3-5-13-32)55-52(57-53)40-16-10-20-47-49(40)39-15-7-9-19-45(39)58-47/h3-31H,1-2H3. The van der Waals surface area contributed by atoms with Crippen LogP contribution in [0.15, 0.2) is 185 Å². The molecule has 0 saturated heterocycles. The zero-order valence-electron chi connectivity index (χ0n) is 32.4. The third-order valence-electron chi connectivity index (χ3n) is 12.2. The highest BCUT2D eigenvalue weighted by Gasteiger charge is 2.35. The molecule has 11 aromatic rings. The van der Waals surface area contributed by atoms with Crippen LogP contribution in [-0.2, 0) is 5.41 Å². The molecule has 0 atom stereocenters. The van der Waals surface area contributed by atoms with Crippen molar-refractivity contribution in [2.24, 2.45) is 0 Å². The van der Waals surface area contributed by atoms with Gasteiger partial charge < -0.3 is 8.83 Å². The normalized spacial score (nSPS) is 13.1. The maximum atomic E-state index is 6.55. The predicted molar refractivity (Wildman–Crippen MR) is 239 cm³/mol.